The molecular weight excluding hydrogens is 320 g/mol. The standard InChI is InChI=1S/C15H22N4O3.ClH/c1-15(6-8-16-9-7-15)11-18-14(20)10-17-12-4-2-3-5-13(12)19(21)22;/h2-5,16-17H,6-11H2,1H3,(H,18,20);1H. The summed E-state index contributed by atoms with van der Waals surface area (Å²) in [6.45, 7) is 4.77. The Hall–Kier alpha value is -1.86. The second-order valence-electron chi connectivity index (χ2n) is 5.97. The minimum Gasteiger partial charge on any atom is -0.371 e. The van der Waals surface area contributed by atoms with Crippen LogP contribution in [0.15, 0.2) is 24.3 Å². The fourth-order valence-corrected chi connectivity index (χ4v) is 2.54. The molecule has 1 aromatic carbocycles. The first-order chi connectivity index (χ1) is 10.5. The fraction of sp³-hybridized carbons (Fsp3) is 0.533. The van der Waals surface area contributed by atoms with Crippen LogP contribution in [0.1, 0.15) is 19.8 Å². The second-order valence-corrected chi connectivity index (χ2v) is 5.97. The number of para-hydroxylation sites is 2. The SMILES string of the molecule is CC1(CNC(=O)CNc2ccccc2[N+](=O)[O-])CCNCC1.Cl. The van der Waals surface area contributed by atoms with Crippen molar-refractivity contribution >= 4 is 29.7 Å². The van der Waals surface area contributed by atoms with E-state index in [4.69, 9.17) is 0 Å². The maximum absolute atomic E-state index is 11.9. The lowest BCUT2D eigenvalue weighted by atomic mass is 9.81. The highest BCUT2D eigenvalue weighted by atomic mass is 35.5. The molecule has 1 heterocycles. The molecule has 0 aliphatic carbocycles. The molecule has 0 saturated carbocycles. The van der Waals surface area contributed by atoms with Gasteiger partial charge in [0.05, 0.1) is 11.5 Å². The third kappa shape index (κ3) is 5.69. The average molecular weight is 343 g/mol. The number of carbonyl (C=O) groups excluding carboxylic acids is 1. The van der Waals surface area contributed by atoms with Crippen LogP contribution < -0.4 is 16.0 Å². The maximum atomic E-state index is 11.9. The molecule has 8 heteroatoms. The average Bonchev–Trinajstić information content (AvgIpc) is 2.52. The van der Waals surface area contributed by atoms with Crippen molar-refractivity contribution in [3.8, 4) is 0 Å². The van der Waals surface area contributed by atoms with E-state index in [1.807, 2.05) is 0 Å². The summed E-state index contributed by atoms with van der Waals surface area (Å²) >= 11 is 0. The molecule has 128 valence electrons. The molecule has 0 spiro atoms. The Bertz CT molecular complexity index is 547. The van der Waals surface area contributed by atoms with Crippen molar-refractivity contribution in [1.29, 1.82) is 0 Å². The Kier molecular flexibility index (Phi) is 7.25. The third-order valence-corrected chi connectivity index (χ3v) is 4.06. The summed E-state index contributed by atoms with van der Waals surface area (Å²) in [5.74, 6) is -0.155. The van der Waals surface area contributed by atoms with Gasteiger partial charge in [0.1, 0.15) is 5.69 Å². The lowest BCUT2D eigenvalue weighted by Crippen LogP contribution is -2.44. The van der Waals surface area contributed by atoms with E-state index >= 15 is 0 Å². The Morgan fingerprint density at radius 1 is 1.35 bits per heavy atom. The number of hydrogen-bond donors (Lipinski definition) is 3. The largest absolute Gasteiger partial charge is 0.371 e. The summed E-state index contributed by atoms with van der Waals surface area (Å²) < 4.78 is 0. The Balaban J connectivity index is 0.00000264. The first-order valence-corrected chi connectivity index (χ1v) is 7.45. The normalized spacial score (nSPS) is 16.0. The molecule has 0 aromatic heterocycles. The minimum absolute atomic E-state index is 0. The molecule has 1 saturated heterocycles. The number of hydrogen-bond acceptors (Lipinski definition) is 5. The third-order valence-electron chi connectivity index (χ3n) is 4.06. The second kappa shape index (κ2) is 8.69. The fourth-order valence-electron chi connectivity index (χ4n) is 2.54. The summed E-state index contributed by atoms with van der Waals surface area (Å²) in [6, 6.07) is 6.31. The first kappa shape index (κ1) is 19.2. The lowest BCUT2D eigenvalue weighted by Gasteiger charge is -2.34. The van der Waals surface area contributed by atoms with Crippen LogP contribution >= 0.6 is 12.4 Å². The van der Waals surface area contributed by atoms with E-state index in [0.717, 1.165) is 25.9 Å². The first-order valence-electron chi connectivity index (χ1n) is 7.45. The molecule has 3 N–H and O–H groups in total. The summed E-state index contributed by atoms with van der Waals surface area (Å²) in [4.78, 5) is 22.4. The van der Waals surface area contributed by atoms with E-state index in [-0.39, 0.29) is 36.0 Å². The van der Waals surface area contributed by atoms with E-state index in [0.29, 0.717) is 12.2 Å². The van der Waals surface area contributed by atoms with E-state index in [1.165, 1.54) is 6.07 Å². The van der Waals surface area contributed by atoms with Crippen molar-refractivity contribution in [3.63, 3.8) is 0 Å². The van der Waals surface area contributed by atoms with E-state index < -0.39 is 4.92 Å². The summed E-state index contributed by atoms with van der Waals surface area (Å²) in [5.41, 5.74) is 0.455. The summed E-state index contributed by atoms with van der Waals surface area (Å²) in [7, 11) is 0. The zero-order chi connectivity index (χ0) is 16.0. The zero-order valence-electron chi connectivity index (χ0n) is 13.1. The summed E-state index contributed by atoms with van der Waals surface area (Å²) in [6.07, 6.45) is 2.07. The molecule has 0 bridgehead atoms. The number of piperidine rings is 1. The molecule has 0 unspecified atom stereocenters. The Morgan fingerprint density at radius 2 is 2.00 bits per heavy atom. The number of nitro groups is 1. The van der Waals surface area contributed by atoms with Crippen molar-refractivity contribution in [3.05, 3.63) is 34.4 Å². The van der Waals surface area contributed by atoms with Crippen molar-refractivity contribution < 1.29 is 9.72 Å². The Morgan fingerprint density at radius 3 is 2.65 bits per heavy atom. The molecule has 2 rings (SSSR count). The molecule has 1 aliphatic rings. The highest BCUT2D eigenvalue weighted by Crippen LogP contribution is 2.26. The van der Waals surface area contributed by atoms with Crippen LogP contribution in [0.4, 0.5) is 11.4 Å². The quantitative estimate of drug-likeness (QED) is 0.542. The van der Waals surface area contributed by atoms with Crippen LogP contribution in [0.3, 0.4) is 0 Å². The van der Waals surface area contributed by atoms with Gasteiger partial charge in [-0.3, -0.25) is 14.9 Å². The number of amides is 1. The van der Waals surface area contributed by atoms with Gasteiger partial charge in [-0.25, -0.2) is 0 Å². The van der Waals surface area contributed by atoms with Gasteiger partial charge < -0.3 is 16.0 Å². The monoisotopic (exact) mass is 342 g/mol. The number of rotatable bonds is 6. The number of carbonyl (C=O) groups is 1. The molecule has 0 atom stereocenters. The van der Waals surface area contributed by atoms with Crippen LogP contribution in [-0.4, -0.2) is 37.0 Å². The van der Waals surface area contributed by atoms with E-state index in [1.54, 1.807) is 18.2 Å². The van der Waals surface area contributed by atoms with Crippen molar-refractivity contribution in [2.24, 2.45) is 5.41 Å². The van der Waals surface area contributed by atoms with Gasteiger partial charge in [-0.05, 0) is 37.4 Å². The van der Waals surface area contributed by atoms with Crippen molar-refractivity contribution in [2.45, 2.75) is 19.8 Å². The summed E-state index contributed by atoms with van der Waals surface area (Å²) in [5, 5.41) is 19.9. The van der Waals surface area contributed by atoms with Gasteiger partial charge in [0.2, 0.25) is 5.91 Å². The van der Waals surface area contributed by atoms with Gasteiger partial charge in [0.15, 0.2) is 0 Å². The Labute approximate surface area is 141 Å². The van der Waals surface area contributed by atoms with Gasteiger partial charge in [0.25, 0.3) is 5.69 Å². The van der Waals surface area contributed by atoms with Gasteiger partial charge in [-0.2, -0.15) is 0 Å². The molecule has 1 aliphatic heterocycles. The number of anilines is 1. The van der Waals surface area contributed by atoms with Crippen LogP contribution in [0.25, 0.3) is 0 Å². The molecule has 0 radical (unpaired) electrons. The number of benzene rings is 1. The number of nitrogens with one attached hydrogen (secondary N) is 3. The zero-order valence-corrected chi connectivity index (χ0v) is 13.9. The highest BCUT2D eigenvalue weighted by Gasteiger charge is 2.26. The molecule has 1 fully saturated rings. The van der Waals surface area contributed by atoms with Gasteiger partial charge in [-0.1, -0.05) is 19.1 Å². The van der Waals surface area contributed by atoms with E-state index in [9.17, 15) is 14.9 Å². The predicted octanol–water partition coefficient (Wildman–Crippen LogP) is 1.93. The number of nitro benzene ring substituents is 1. The molecule has 1 aromatic rings. The maximum Gasteiger partial charge on any atom is 0.292 e. The molecule has 7 nitrogen and oxygen atoms in total. The van der Waals surface area contributed by atoms with Crippen LogP contribution in [0.2, 0.25) is 0 Å². The number of nitrogens with zero attached hydrogens (tertiary/aromatic N) is 1. The van der Waals surface area contributed by atoms with Crippen LogP contribution in [-0.2, 0) is 4.79 Å². The van der Waals surface area contributed by atoms with E-state index in [2.05, 4.69) is 22.9 Å². The predicted molar refractivity (Wildman–Crippen MR) is 92.1 cm³/mol. The molecular formula is C15H23ClN4O3. The highest BCUT2D eigenvalue weighted by molar-refractivity contribution is 5.85. The molecule has 23 heavy (non-hydrogen) atoms. The molecule has 1 amide bonds. The lowest BCUT2D eigenvalue weighted by molar-refractivity contribution is -0.383. The number of halogens is 1. The topological polar surface area (TPSA) is 96.3 Å². The van der Waals surface area contributed by atoms with Crippen LogP contribution in [0, 0.1) is 15.5 Å². The van der Waals surface area contributed by atoms with Gasteiger partial charge in [-0.15, -0.1) is 12.4 Å². The minimum atomic E-state index is -0.462. The van der Waals surface area contributed by atoms with Crippen LogP contribution in [0.5, 0.6) is 0 Å². The van der Waals surface area contributed by atoms with Gasteiger partial charge in [0, 0.05) is 12.6 Å². The van der Waals surface area contributed by atoms with Crippen molar-refractivity contribution in [1.82, 2.24) is 10.6 Å². The van der Waals surface area contributed by atoms with Gasteiger partial charge >= 0.3 is 0 Å². The smallest absolute Gasteiger partial charge is 0.292 e. The van der Waals surface area contributed by atoms with Crippen molar-refractivity contribution in [2.75, 3.05) is 31.5 Å².